The third-order valence-electron chi connectivity index (χ3n) is 2.84. The molecule has 1 amide bonds. The lowest BCUT2D eigenvalue weighted by Gasteiger charge is -2.05. The van der Waals surface area contributed by atoms with E-state index >= 15 is 0 Å². The van der Waals surface area contributed by atoms with Gasteiger partial charge in [0.1, 0.15) is 17.3 Å². The van der Waals surface area contributed by atoms with Crippen molar-refractivity contribution in [2.75, 3.05) is 6.61 Å². The third kappa shape index (κ3) is 4.80. The molecule has 0 bridgehead atoms. The summed E-state index contributed by atoms with van der Waals surface area (Å²) in [5.74, 6) is 1.72. The standard InChI is InChI=1S/C16H18N2O3/c1-3-13-5-8-14(9-6-13)20-11-16(19)18-17-10-15-7-4-12(2)21-15/h4-10H,3,11H2,1-2H3,(H,18,19)/b17-10-. The van der Waals surface area contributed by atoms with Crippen LogP contribution in [0.3, 0.4) is 0 Å². The molecular weight excluding hydrogens is 268 g/mol. The van der Waals surface area contributed by atoms with Crippen LogP contribution in [0.15, 0.2) is 45.9 Å². The average molecular weight is 286 g/mol. The summed E-state index contributed by atoms with van der Waals surface area (Å²) in [5, 5.41) is 3.80. The molecule has 0 aliphatic heterocycles. The van der Waals surface area contributed by atoms with Crippen LogP contribution in [-0.4, -0.2) is 18.7 Å². The lowest BCUT2D eigenvalue weighted by molar-refractivity contribution is -0.123. The van der Waals surface area contributed by atoms with Crippen LogP contribution in [0.2, 0.25) is 0 Å². The van der Waals surface area contributed by atoms with Crippen molar-refractivity contribution in [3.05, 3.63) is 53.5 Å². The quantitative estimate of drug-likeness (QED) is 0.656. The zero-order chi connectivity index (χ0) is 15.1. The molecule has 110 valence electrons. The number of nitrogens with one attached hydrogen (secondary N) is 1. The Balaban J connectivity index is 1.75. The van der Waals surface area contributed by atoms with E-state index in [0.29, 0.717) is 11.5 Å². The van der Waals surface area contributed by atoms with E-state index in [0.717, 1.165) is 12.2 Å². The highest BCUT2D eigenvalue weighted by Crippen LogP contribution is 2.12. The maximum atomic E-state index is 11.6. The smallest absolute Gasteiger partial charge is 0.277 e. The van der Waals surface area contributed by atoms with E-state index in [4.69, 9.17) is 9.15 Å². The Kier molecular flexibility index (Phi) is 5.15. The van der Waals surface area contributed by atoms with Crippen LogP contribution < -0.4 is 10.2 Å². The van der Waals surface area contributed by atoms with Crippen LogP contribution in [0.4, 0.5) is 0 Å². The summed E-state index contributed by atoms with van der Waals surface area (Å²) in [6.07, 6.45) is 2.42. The van der Waals surface area contributed by atoms with Crippen LogP contribution >= 0.6 is 0 Å². The minimum Gasteiger partial charge on any atom is -0.484 e. The average Bonchev–Trinajstić information content (AvgIpc) is 2.91. The maximum Gasteiger partial charge on any atom is 0.277 e. The van der Waals surface area contributed by atoms with E-state index in [1.165, 1.54) is 11.8 Å². The minimum absolute atomic E-state index is 0.0833. The third-order valence-corrected chi connectivity index (χ3v) is 2.84. The monoisotopic (exact) mass is 286 g/mol. The Bertz CT molecular complexity index is 615. The fraction of sp³-hybridized carbons (Fsp3) is 0.250. The van der Waals surface area contributed by atoms with Gasteiger partial charge >= 0.3 is 0 Å². The molecule has 1 aromatic heterocycles. The van der Waals surface area contributed by atoms with Crippen LogP contribution in [0.1, 0.15) is 24.0 Å². The molecule has 0 radical (unpaired) electrons. The van der Waals surface area contributed by atoms with Crippen molar-refractivity contribution >= 4 is 12.1 Å². The summed E-state index contributed by atoms with van der Waals surface area (Å²) in [6, 6.07) is 11.3. The number of furan rings is 1. The van der Waals surface area contributed by atoms with Crippen LogP contribution in [0.5, 0.6) is 5.75 Å². The number of ether oxygens (including phenoxy) is 1. The molecule has 0 aliphatic rings. The van der Waals surface area contributed by atoms with E-state index in [-0.39, 0.29) is 12.5 Å². The van der Waals surface area contributed by atoms with Crippen molar-refractivity contribution in [3.63, 3.8) is 0 Å². The van der Waals surface area contributed by atoms with Crippen LogP contribution in [0, 0.1) is 6.92 Å². The summed E-state index contributed by atoms with van der Waals surface area (Å²) >= 11 is 0. The number of nitrogens with zero attached hydrogens (tertiary/aromatic N) is 1. The number of carbonyl (C=O) groups is 1. The molecule has 0 fully saturated rings. The normalized spacial score (nSPS) is 10.8. The molecule has 1 N–H and O–H groups in total. The molecule has 0 saturated carbocycles. The SMILES string of the molecule is CCc1ccc(OCC(=O)N/N=C\c2ccc(C)o2)cc1. The fourth-order valence-electron chi connectivity index (χ4n) is 1.69. The first-order chi connectivity index (χ1) is 10.2. The molecular formula is C16H18N2O3. The number of hydrazone groups is 1. The van der Waals surface area contributed by atoms with Crippen molar-refractivity contribution in [3.8, 4) is 5.75 Å². The lowest BCUT2D eigenvalue weighted by atomic mass is 10.2. The van der Waals surface area contributed by atoms with Gasteiger partial charge in [-0.2, -0.15) is 5.10 Å². The van der Waals surface area contributed by atoms with Gasteiger partial charge in [0, 0.05) is 0 Å². The minimum atomic E-state index is -0.325. The van der Waals surface area contributed by atoms with Gasteiger partial charge in [-0.1, -0.05) is 19.1 Å². The molecule has 0 aliphatic carbocycles. The largest absolute Gasteiger partial charge is 0.484 e. The van der Waals surface area contributed by atoms with Crippen molar-refractivity contribution in [1.82, 2.24) is 5.43 Å². The van der Waals surface area contributed by atoms with Crippen LogP contribution in [-0.2, 0) is 11.2 Å². The number of hydrogen-bond acceptors (Lipinski definition) is 4. The Labute approximate surface area is 123 Å². The second-order valence-corrected chi connectivity index (χ2v) is 4.53. The Morgan fingerprint density at radius 1 is 1.29 bits per heavy atom. The zero-order valence-electron chi connectivity index (χ0n) is 12.1. The summed E-state index contributed by atoms with van der Waals surface area (Å²) in [5.41, 5.74) is 3.61. The second kappa shape index (κ2) is 7.28. The summed E-state index contributed by atoms with van der Waals surface area (Å²) in [4.78, 5) is 11.6. The predicted octanol–water partition coefficient (Wildman–Crippen LogP) is 2.68. The first kappa shape index (κ1) is 14.8. The van der Waals surface area contributed by atoms with Gasteiger partial charge in [-0.05, 0) is 43.2 Å². The van der Waals surface area contributed by atoms with Crippen molar-refractivity contribution < 1.29 is 13.9 Å². The molecule has 2 rings (SSSR count). The molecule has 0 saturated heterocycles. The van der Waals surface area contributed by atoms with Crippen LogP contribution in [0.25, 0.3) is 0 Å². The maximum absolute atomic E-state index is 11.6. The van der Waals surface area contributed by atoms with E-state index in [9.17, 15) is 4.79 Å². The van der Waals surface area contributed by atoms with Gasteiger partial charge in [-0.15, -0.1) is 0 Å². The van der Waals surface area contributed by atoms with Gasteiger partial charge in [0.05, 0.1) is 6.21 Å². The van der Waals surface area contributed by atoms with Crippen molar-refractivity contribution in [2.24, 2.45) is 5.10 Å². The van der Waals surface area contributed by atoms with Gasteiger partial charge in [-0.25, -0.2) is 5.43 Å². The summed E-state index contributed by atoms with van der Waals surface area (Å²) in [7, 11) is 0. The number of rotatable bonds is 6. The molecule has 1 heterocycles. The molecule has 21 heavy (non-hydrogen) atoms. The number of aryl methyl sites for hydroxylation is 2. The van der Waals surface area contributed by atoms with Gasteiger partial charge in [0.15, 0.2) is 6.61 Å². The lowest BCUT2D eigenvalue weighted by Crippen LogP contribution is -2.24. The highest BCUT2D eigenvalue weighted by Gasteiger charge is 2.01. The van der Waals surface area contributed by atoms with Crippen molar-refractivity contribution in [1.29, 1.82) is 0 Å². The fourth-order valence-corrected chi connectivity index (χ4v) is 1.69. The van der Waals surface area contributed by atoms with Gasteiger partial charge < -0.3 is 9.15 Å². The van der Waals surface area contributed by atoms with E-state index in [2.05, 4.69) is 17.5 Å². The molecule has 1 aromatic carbocycles. The molecule has 2 aromatic rings. The molecule has 0 unspecified atom stereocenters. The second-order valence-electron chi connectivity index (χ2n) is 4.53. The number of amides is 1. The van der Waals surface area contributed by atoms with E-state index < -0.39 is 0 Å². The van der Waals surface area contributed by atoms with Gasteiger partial charge in [0.25, 0.3) is 5.91 Å². The molecule has 5 nitrogen and oxygen atoms in total. The number of carbonyl (C=O) groups excluding carboxylic acids is 1. The van der Waals surface area contributed by atoms with Gasteiger partial charge in [-0.3, -0.25) is 4.79 Å². The molecule has 5 heteroatoms. The number of benzene rings is 1. The summed E-state index contributed by atoms with van der Waals surface area (Å²) < 4.78 is 10.6. The highest BCUT2D eigenvalue weighted by atomic mass is 16.5. The highest BCUT2D eigenvalue weighted by molar-refractivity contribution is 5.81. The van der Waals surface area contributed by atoms with Gasteiger partial charge in [0.2, 0.25) is 0 Å². The zero-order valence-corrected chi connectivity index (χ0v) is 12.1. The first-order valence-corrected chi connectivity index (χ1v) is 6.77. The Morgan fingerprint density at radius 3 is 2.67 bits per heavy atom. The molecule has 0 spiro atoms. The first-order valence-electron chi connectivity index (χ1n) is 6.77. The summed E-state index contributed by atoms with van der Waals surface area (Å²) in [6.45, 7) is 3.84. The Morgan fingerprint density at radius 2 is 2.05 bits per heavy atom. The van der Waals surface area contributed by atoms with E-state index in [1.54, 1.807) is 6.07 Å². The van der Waals surface area contributed by atoms with Crippen molar-refractivity contribution in [2.45, 2.75) is 20.3 Å². The Hall–Kier alpha value is -2.56. The van der Waals surface area contributed by atoms with E-state index in [1.807, 2.05) is 37.3 Å². The topological polar surface area (TPSA) is 63.8 Å². The molecule has 0 atom stereocenters. The number of hydrogen-bond donors (Lipinski definition) is 1. The predicted molar refractivity (Wildman–Crippen MR) is 80.5 cm³/mol.